The summed E-state index contributed by atoms with van der Waals surface area (Å²) in [5.41, 5.74) is -0.836. The van der Waals surface area contributed by atoms with Gasteiger partial charge >= 0.3 is 12.1 Å². The van der Waals surface area contributed by atoms with Crippen LogP contribution in [0.4, 0.5) is 18.9 Å². The minimum Gasteiger partial charge on any atom is -0.497 e. The van der Waals surface area contributed by atoms with Crippen LogP contribution in [0.1, 0.15) is 22.8 Å². The fourth-order valence-electron chi connectivity index (χ4n) is 2.05. The van der Waals surface area contributed by atoms with Crippen molar-refractivity contribution < 1.29 is 32.2 Å². The summed E-state index contributed by atoms with van der Waals surface area (Å²) >= 11 is 0. The molecule has 26 heavy (non-hydrogen) atoms. The molecule has 1 N–H and O–H groups in total. The summed E-state index contributed by atoms with van der Waals surface area (Å²) in [6.07, 6.45) is -5.78. The first kappa shape index (κ1) is 19.3. The van der Waals surface area contributed by atoms with E-state index in [1.807, 2.05) is 0 Å². The highest BCUT2D eigenvalue weighted by Gasteiger charge is 2.31. The van der Waals surface area contributed by atoms with E-state index in [2.05, 4.69) is 5.32 Å². The van der Waals surface area contributed by atoms with Gasteiger partial charge in [0, 0.05) is 11.8 Å². The molecule has 1 amide bonds. The van der Waals surface area contributed by atoms with E-state index in [4.69, 9.17) is 9.47 Å². The standard InChI is InChI=1S/C18H16F3NO4/c1-11(16(23)22-14-7-4-8-15(10-14)25-2)26-17(24)12-5-3-6-13(9-12)18(19,20)21/h3-11H,1-2H3,(H,22,23)/t11-/m1/s1. The van der Waals surface area contributed by atoms with Crippen LogP contribution in [0.25, 0.3) is 0 Å². The summed E-state index contributed by atoms with van der Waals surface area (Å²) in [6, 6.07) is 10.3. The fourth-order valence-corrected chi connectivity index (χ4v) is 2.05. The molecule has 0 unspecified atom stereocenters. The van der Waals surface area contributed by atoms with Crippen LogP contribution in [0.15, 0.2) is 48.5 Å². The molecule has 2 rings (SSSR count). The Balaban J connectivity index is 2.03. The SMILES string of the molecule is COc1cccc(NC(=O)[C@@H](C)OC(=O)c2cccc(C(F)(F)F)c2)c1. The minimum atomic E-state index is -4.58. The molecular formula is C18H16F3NO4. The molecule has 5 nitrogen and oxygen atoms in total. The Bertz CT molecular complexity index is 805. The van der Waals surface area contributed by atoms with Crippen LogP contribution in [0.5, 0.6) is 5.75 Å². The highest BCUT2D eigenvalue weighted by molar-refractivity contribution is 5.97. The fraction of sp³-hybridized carbons (Fsp3) is 0.222. The van der Waals surface area contributed by atoms with E-state index in [-0.39, 0.29) is 5.56 Å². The van der Waals surface area contributed by atoms with Gasteiger partial charge in [-0.15, -0.1) is 0 Å². The van der Waals surface area contributed by atoms with Crippen LogP contribution in [-0.2, 0) is 15.7 Å². The predicted molar refractivity (Wildman–Crippen MR) is 87.9 cm³/mol. The van der Waals surface area contributed by atoms with Gasteiger partial charge in [-0.25, -0.2) is 4.79 Å². The van der Waals surface area contributed by atoms with Gasteiger partial charge in [-0.3, -0.25) is 4.79 Å². The third-order valence-electron chi connectivity index (χ3n) is 3.42. The van der Waals surface area contributed by atoms with E-state index < -0.39 is 29.7 Å². The molecule has 0 saturated heterocycles. The Morgan fingerprint density at radius 3 is 2.42 bits per heavy atom. The van der Waals surface area contributed by atoms with Crippen LogP contribution < -0.4 is 10.1 Å². The van der Waals surface area contributed by atoms with E-state index in [0.717, 1.165) is 12.1 Å². The summed E-state index contributed by atoms with van der Waals surface area (Å²) < 4.78 is 48.1. The van der Waals surface area contributed by atoms with Gasteiger partial charge in [0.2, 0.25) is 0 Å². The Morgan fingerprint density at radius 1 is 1.08 bits per heavy atom. The number of carbonyl (C=O) groups is 2. The number of ether oxygens (including phenoxy) is 2. The number of benzene rings is 2. The highest BCUT2D eigenvalue weighted by atomic mass is 19.4. The van der Waals surface area contributed by atoms with Gasteiger partial charge in [0.1, 0.15) is 5.75 Å². The second-order valence-corrected chi connectivity index (χ2v) is 5.35. The molecule has 8 heteroatoms. The van der Waals surface area contributed by atoms with Gasteiger partial charge in [0.15, 0.2) is 6.10 Å². The van der Waals surface area contributed by atoms with Gasteiger partial charge in [-0.05, 0) is 37.3 Å². The topological polar surface area (TPSA) is 64.6 Å². The van der Waals surface area contributed by atoms with Crippen molar-refractivity contribution in [1.29, 1.82) is 0 Å². The van der Waals surface area contributed by atoms with Crippen molar-refractivity contribution in [1.82, 2.24) is 0 Å². The first-order chi connectivity index (χ1) is 12.2. The van der Waals surface area contributed by atoms with Crippen molar-refractivity contribution in [2.24, 2.45) is 0 Å². The Labute approximate surface area is 147 Å². The second-order valence-electron chi connectivity index (χ2n) is 5.35. The highest BCUT2D eigenvalue weighted by Crippen LogP contribution is 2.29. The van der Waals surface area contributed by atoms with Gasteiger partial charge < -0.3 is 14.8 Å². The van der Waals surface area contributed by atoms with Crippen molar-refractivity contribution in [2.45, 2.75) is 19.2 Å². The van der Waals surface area contributed by atoms with Crippen LogP contribution in [0.3, 0.4) is 0 Å². The predicted octanol–water partition coefficient (Wildman–Crippen LogP) is 3.90. The van der Waals surface area contributed by atoms with E-state index >= 15 is 0 Å². The average molecular weight is 367 g/mol. The van der Waals surface area contributed by atoms with Crippen molar-refractivity contribution in [3.8, 4) is 5.75 Å². The molecule has 0 aliphatic carbocycles. The van der Waals surface area contributed by atoms with Crippen LogP contribution in [0, 0.1) is 0 Å². The molecule has 0 aliphatic heterocycles. The van der Waals surface area contributed by atoms with Crippen molar-refractivity contribution >= 4 is 17.6 Å². The molecule has 0 spiro atoms. The summed E-state index contributed by atoms with van der Waals surface area (Å²) in [4.78, 5) is 24.1. The van der Waals surface area contributed by atoms with Gasteiger partial charge in [-0.2, -0.15) is 13.2 Å². The maximum atomic E-state index is 12.7. The molecule has 0 fully saturated rings. The zero-order valence-electron chi connectivity index (χ0n) is 14.0. The molecule has 2 aromatic rings. The van der Waals surface area contributed by atoms with Crippen molar-refractivity contribution in [3.63, 3.8) is 0 Å². The van der Waals surface area contributed by atoms with Crippen molar-refractivity contribution in [3.05, 3.63) is 59.7 Å². The van der Waals surface area contributed by atoms with Crippen molar-refractivity contribution in [2.75, 3.05) is 12.4 Å². The van der Waals surface area contributed by atoms with Crippen LogP contribution in [0.2, 0.25) is 0 Å². The number of nitrogens with one attached hydrogen (secondary N) is 1. The number of amides is 1. The number of hydrogen-bond donors (Lipinski definition) is 1. The lowest BCUT2D eigenvalue weighted by Crippen LogP contribution is -2.30. The summed E-state index contributed by atoms with van der Waals surface area (Å²) in [7, 11) is 1.47. The minimum absolute atomic E-state index is 0.291. The Morgan fingerprint density at radius 2 is 1.77 bits per heavy atom. The number of rotatable bonds is 5. The molecule has 0 bridgehead atoms. The number of alkyl halides is 3. The normalized spacial score (nSPS) is 12.2. The van der Waals surface area contributed by atoms with E-state index in [9.17, 15) is 22.8 Å². The lowest BCUT2D eigenvalue weighted by molar-refractivity contribution is -0.137. The molecule has 138 valence electrons. The number of methoxy groups -OCH3 is 1. The van der Waals surface area contributed by atoms with Crippen LogP contribution >= 0.6 is 0 Å². The molecule has 0 aromatic heterocycles. The summed E-state index contributed by atoms with van der Waals surface area (Å²) in [5.74, 6) is -1.13. The molecule has 0 saturated carbocycles. The summed E-state index contributed by atoms with van der Waals surface area (Å²) in [5, 5.41) is 2.53. The lowest BCUT2D eigenvalue weighted by Gasteiger charge is -2.14. The van der Waals surface area contributed by atoms with E-state index in [1.54, 1.807) is 24.3 Å². The average Bonchev–Trinajstić information content (AvgIpc) is 2.61. The molecule has 0 radical (unpaired) electrons. The molecule has 1 atom stereocenters. The van der Waals surface area contributed by atoms with Crippen LogP contribution in [-0.4, -0.2) is 25.1 Å². The molecular weight excluding hydrogens is 351 g/mol. The smallest absolute Gasteiger partial charge is 0.416 e. The first-order valence-electron chi connectivity index (χ1n) is 7.54. The number of hydrogen-bond acceptors (Lipinski definition) is 4. The zero-order valence-corrected chi connectivity index (χ0v) is 14.0. The summed E-state index contributed by atoms with van der Waals surface area (Å²) in [6.45, 7) is 1.32. The van der Waals surface area contributed by atoms with Gasteiger partial charge in [0.25, 0.3) is 5.91 Å². The maximum Gasteiger partial charge on any atom is 0.416 e. The Kier molecular flexibility index (Phi) is 5.86. The third-order valence-corrected chi connectivity index (χ3v) is 3.42. The lowest BCUT2D eigenvalue weighted by atomic mass is 10.1. The second kappa shape index (κ2) is 7.90. The van der Waals surface area contributed by atoms with E-state index in [0.29, 0.717) is 17.5 Å². The Hall–Kier alpha value is -3.03. The van der Waals surface area contributed by atoms with Gasteiger partial charge in [0.05, 0.1) is 18.2 Å². The third kappa shape index (κ3) is 4.98. The monoisotopic (exact) mass is 367 g/mol. The largest absolute Gasteiger partial charge is 0.497 e. The number of anilines is 1. The maximum absolute atomic E-state index is 12.7. The number of esters is 1. The zero-order chi connectivity index (χ0) is 19.3. The number of carbonyl (C=O) groups excluding carboxylic acids is 2. The van der Waals surface area contributed by atoms with Gasteiger partial charge in [-0.1, -0.05) is 12.1 Å². The quantitative estimate of drug-likeness (QED) is 0.814. The molecule has 0 aliphatic rings. The van der Waals surface area contributed by atoms with E-state index in [1.165, 1.54) is 20.1 Å². The number of halogens is 3. The molecule has 2 aromatic carbocycles. The molecule has 0 heterocycles. The first-order valence-corrected chi connectivity index (χ1v) is 7.54.